The molecule has 1 unspecified atom stereocenters. The molecular formula is C13H17FN2O4. The van der Waals surface area contributed by atoms with E-state index in [0.29, 0.717) is 5.69 Å². The first-order valence-corrected chi connectivity index (χ1v) is 5.98. The maximum absolute atomic E-state index is 13.1. The Morgan fingerprint density at radius 3 is 2.75 bits per heavy atom. The number of hydrogen-bond donors (Lipinski definition) is 3. The second-order valence-electron chi connectivity index (χ2n) is 4.25. The summed E-state index contributed by atoms with van der Waals surface area (Å²) in [6.07, 6.45) is -0.831. The van der Waals surface area contributed by atoms with Crippen LogP contribution >= 0.6 is 0 Å². The molecule has 0 bridgehead atoms. The molecule has 1 aromatic carbocycles. The van der Waals surface area contributed by atoms with Gasteiger partial charge in [0.2, 0.25) is 0 Å². The SMILES string of the molecule is COC(CNC(=O)Nc1cc(F)ccc1C)CC(=O)O. The second-order valence-corrected chi connectivity index (χ2v) is 4.25. The van der Waals surface area contributed by atoms with Crippen molar-refractivity contribution >= 4 is 17.7 Å². The Kier molecular flexibility index (Phi) is 5.92. The number of anilines is 1. The van der Waals surface area contributed by atoms with Crippen molar-refractivity contribution in [2.24, 2.45) is 0 Å². The van der Waals surface area contributed by atoms with Gasteiger partial charge in [-0.05, 0) is 24.6 Å². The maximum atomic E-state index is 13.1. The number of aliphatic carboxylic acids is 1. The number of ether oxygens (including phenoxy) is 1. The van der Waals surface area contributed by atoms with Gasteiger partial charge < -0.3 is 20.5 Å². The van der Waals surface area contributed by atoms with Gasteiger partial charge in [-0.2, -0.15) is 0 Å². The fraction of sp³-hybridized carbons (Fsp3) is 0.385. The number of nitrogens with one attached hydrogen (secondary N) is 2. The third kappa shape index (κ3) is 5.23. The summed E-state index contributed by atoms with van der Waals surface area (Å²) < 4.78 is 18.0. The van der Waals surface area contributed by atoms with E-state index in [1.54, 1.807) is 13.0 Å². The van der Waals surface area contributed by atoms with Crippen LogP contribution in [-0.4, -0.2) is 36.9 Å². The summed E-state index contributed by atoms with van der Waals surface area (Å²) in [6.45, 7) is 1.78. The van der Waals surface area contributed by atoms with Crippen molar-refractivity contribution in [2.45, 2.75) is 19.4 Å². The predicted octanol–water partition coefficient (Wildman–Crippen LogP) is 1.75. The Morgan fingerprint density at radius 1 is 1.45 bits per heavy atom. The molecular weight excluding hydrogens is 267 g/mol. The molecule has 6 nitrogen and oxygen atoms in total. The van der Waals surface area contributed by atoms with Crippen LogP contribution in [0.5, 0.6) is 0 Å². The molecule has 110 valence electrons. The normalized spacial score (nSPS) is 11.8. The Balaban J connectivity index is 2.51. The molecule has 0 fully saturated rings. The van der Waals surface area contributed by atoms with Crippen molar-refractivity contribution in [3.05, 3.63) is 29.6 Å². The second kappa shape index (κ2) is 7.44. The highest BCUT2D eigenvalue weighted by Crippen LogP contribution is 2.15. The van der Waals surface area contributed by atoms with Crippen LogP contribution in [0.1, 0.15) is 12.0 Å². The number of carboxylic acid groups (broad SMARTS) is 1. The Bertz CT molecular complexity index is 493. The third-order valence-corrected chi connectivity index (χ3v) is 2.67. The van der Waals surface area contributed by atoms with E-state index >= 15 is 0 Å². The topological polar surface area (TPSA) is 87.7 Å². The minimum Gasteiger partial charge on any atom is -0.481 e. The standard InChI is InChI=1S/C13H17FN2O4/c1-8-3-4-9(14)5-11(8)16-13(19)15-7-10(20-2)6-12(17)18/h3-5,10H,6-7H2,1-2H3,(H,17,18)(H2,15,16,19). The molecule has 0 aliphatic heterocycles. The molecule has 1 aromatic rings. The third-order valence-electron chi connectivity index (χ3n) is 2.67. The van der Waals surface area contributed by atoms with Crippen LogP contribution in [0.3, 0.4) is 0 Å². The molecule has 0 saturated heterocycles. The monoisotopic (exact) mass is 284 g/mol. The van der Waals surface area contributed by atoms with Crippen LogP contribution in [0, 0.1) is 12.7 Å². The Labute approximate surface area is 115 Å². The number of halogens is 1. The van der Waals surface area contributed by atoms with Gasteiger partial charge in [0, 0.05) is 19.3 Å². The van der Waals surface area contributed by atoms with Crippen LogP contribution in [0.2, 0.25) is 0 Å². The molecule has 0 heterocycles. The van der Waals surface area contributed by atoms with Gasteiger partial charge in [-0.15, -0.1) is 0 Å². The summed E-state index contributed by atoms with van der Waals surface area (Å²) in [5.41, 5.74) is 1.07. The van der Waals surface area contributed by atoms with Gasteiger partial charge in [0.15, 0.2) is 0 Å². The van der Waals surface area contributed by atoms with Gasteiger partial charge >= 0.3 is 12.0 Å². The van der Waals surface area contributed by atoms with Crippen molar-refractivity contribution in [3.8, 4) is 0 Å². The number of carbonyl (C=O) groups excluding carboxylic acids is 1. The van der Waals surface area contributed by atoms with Gasteiger partial charge in [-0.25, -0.2) is 9.18 Å². The zero-order chi connectivity index (χ0) is 15.1. The minimum atomic E-state index is -1.01. The van der Waals surface area contributed by atoms with E-state index in [1.807, 2.05) is 0 Å². The van der Waals surface area contributed by atoms with Gasteiger partial charge in [0.1, 0.15) is 5.82 Å². The first kappa shape index (κ1) is 15.9. The fourth-order valence-electron chi connectivity index (χ4n) is 1.54. The van der Waals surface area contributed by atoms with Crippen LogP contribution in [0.15, 0.2) is 18.2 Å². The van der Waals surface area contributed by atoms with Gasteiger partial charge in [-0.3, -0.25) is 4.79 Å². The molecule has 1 atom stereocenters. The predicted molar refractivity (Wildman–Crippen MR) is 71.2 cm³/mol. The number of carbonyl (C=O) groups is 2. The lowest BCUT2D eigenvalue weighted by atomic mass is 10.2. The van der Waals surface area contributed by atoms with Crippen LogP contribution < -0.4 is 10.6 Å². The van der Waals surface area contributed by atoms with Crippen molar-refractivity contribution in [1.82, 2.24) is 5.32 Å². The molecule has 0 spiro atoms. The van der Waals surface area contributed by atoms with E-state index < -0.39 is 23.9 Å². The molecule has 0 radical (unpaired) electrons. The number of hydrogen-bond acceptors (Lipinski definition) is 3. The number of amides is 2. The number of benzene rings is 1. The van der Waals surface area contributed by atoms with Crippen molar-refractivity contribution in [2.75, 3.05) is 19.0 Å². The van der Waals surface area contributed by atoms with Crippen LogP contribution in [-0.2, 0) is 9.53 Å². The summed E-state index contributed by atoms with van der Waals surface area (Å²) in [6, 6.07) is 3.51. The van der Waals surface area contributed by atoms with Gasteiger partial charge in [0.25, 0.3) is 0 Å². The highest BCUT2D eigenvalue weighted by molar-refractivity contribution is 5.90. The summed E-state index contributed by atoms with van der Waals surface area (Å²) in [7, 11) is 1.36. The summed E-state index contributed by atoms with van der Waals surface area (Å²) >= 11 is 0. The smallest absolute Gasteiger partial charge is 0.319 e. The lowest BCUT2D eigenvalue weighted by molar-refractivity contribution is -0.139. The van der Waals surface area contributed by atoms with E-state index in [4.69, 9.17) is 9.84 Å². The molecule has 0 aliphatic rings. The zero-order valence-corrected chi connectivity index (χ0v) is 11.3. The first-order valence-electron chi connectivity index (χ1n) is 5.98. The molecule has 2 amide bonds. The van der Waals surface area contributed by atoms with E-state index in [9.17, 15) is 14.0 Å². The first-order chi connectivity index (χ1) is 9.42. The molecule has 3 N–H and O–H groups in total. The molecule has 1 rings (SSSR count). The maximum Gasteiger partial charge on any atom is 0.319 e. The number of carboxylic acids is 1. The summed E-state index contributed by atoms with van der Waals surface area (Å²) in [5, 5.41) is 13.6. The molecule has 7 heteroatoms. The highest BCUT2D eigenvalue weighted by atomic mass is 19.1. The zero-order valence-electron chi connectivity index (χ0n) is 11.3. The minimum absolute atomic E-state index is 0.0446. The van der Waals surface area contributed by atoms with Gasteiger partial charge in [0.05, 0.1) is 12.5 Å². The molecule has 0 aliphatic carbocycles. The van der Waals surface area contributed by atoms with Crippen molar-refractivity contribution in [1.29, 1.82) is 0 Å². The summed E-state index contributed by atoms with van der Waals surface area (Å²) in [5.74, 6) is -1.47. The average molecular weight is 284 g/mol. The van der Waals surface area contributed by atoms with Gasteiger partial charge in [-0.1, -0.05) is 6.07 Å². The molecule has 20 heavy (non-hydrogen) atoms. The molecule has 0 aromatic heterocycles. The van der Waals surface area contributed by atoms with E-state index in [2.05, 4.69) is 10.6 Å². The van der Waals surface area contributed by atoms with E-state index in [-0.39, 0.29) is 13.0 Å². The van der Waals surface area contributed by atoms with Crippen molar-refractivity contribution in [3.63, 3.8) is 0 Å². The van der Waals surface area contributed by atoms with E-state index in [1.165, 1.54) is 19.2 Å². The number of rotatable bonds is 6. The highest BCUT2D eigenvalue weighted by Gasteiger charge is 2.14. The quantitative estimate of drug-likeness (QED) is 0.742. The Hall–Kier alpha value is -2.15. The van der Waals surface area contributed by atoms with Crippen LogP contribution in [0.25, 0.3) is 0 Å². The number of methoxy groups -OCH3 is 1. The molecule has 0 saturated carbocycles. The van der Waals surface area contributed by atoms with Crippen LogP contribution in [0.4, 0.5) is 14.9 Å². The van der Waals surface area contributed by atoms with Crippen molar-refractivity contribution < 1.29 is 23.8 Å². The largest absolute Gasteiger partial charge is 0.481 e. The summed E-state index contributed by atoms with van der Waals surface area (Å²) in [4.78, 5) is 22.2. The lowest BCUT2D eigenvalue weighted by Crippen LogP contribution is -2.37. The Morgan fingerprint density at radius 2 is 2.15 bits per heavy atom. The lowest BCUT2D eigenvalue weighted by Gasteiger charge is -2.15. The average Bonchev–Trinajstić information content (AvgIpc) is 2.38. The number of urea groups is 1. The fourth-order valence-corrected chi connectivity index (χ4v) is 1.54. The van der Waals surface area contributed by atoms with E-state index in [0.717, 1.165) is 5.56 Å². The number of aryl methyl sites for hydroxylation is 1.